The second kappa shape index (κ2) is 5.17. The summed E-state index contributed by atoms with van der Waals surface area (Å²) in [6.07, 6.45) is 0.0769. The van der Waals surface area contributed by atoms with Gasteiger partial charge in [-0.15, -0.1) is 0 Å². The van der Waals surface area contributed by atoms with Crippen LogP contribution < -0.4 is 4.74 Å². The number of halogens is 1. The van der Waals surface area contributed by atoms with Gasteiger partial charge in [0, 0.05) is 11.4 Å². The first kappa shape index (κ1) is 12.1. The number of hydrogen-bond donors (Lipinski definition) is 0. The van der Waals surface area contributed by atoms with Gasteiger partial charge in [-0.1, -0.05) is 24.6 Å². The maximum Gasteiger partial charge on any atom is 0.172 e. The Morgan fingerprint density at radius 3 is 2.80 bits per heavy atom. The number of aryl methyl sites for hydroxylation is 1. The summed E-state index contributed by atoms with van der Waals surface area (Å²) in [6.45, 7) is 5.51. The summed E-state index contributed by atoms with van der Waals surface area (Å²) in [6, 6.07) is 5.41. The molecule has 1 rings (SSSR count). The third kappa shape index (κ3) is 3.24. The van der Waals surface area contributed by atoms with E-state index in [-0.39, 0.29) is 5.78 Å². The summed E-state index contributed by atoms with van der Waals surface area (Å²) in [5.74, 6) is 0.770. The highest BCUT2D eigenvalue weighted by molar-refractivity contribution is 6.30. The van der Waals surface area contributed by atoms with Crippen molar-refractivity contribution in [3.8, 4) is 5.75 Å². The van der Waals surface area contributed by atoms with Gasteiger partial charge in [0.2, 0.25) is 0 Å². The lowest BCUT2D eigenvalue weighted by Crippen LogP contribution is -2.23. The Balaban J connectivity index is 2.80. The average Bonchev–Trinajstić information content (AvgIpc) is 2.22. The predicted molar refractivity (Wildman–Crippen MR) is 61.6 cm³/mol. The number of hydrogen-bond acceptors (Lipinski definition) is 2. The number of carbonyl (C=O) groups is 1. The first-order valence-corrected chi connectivity index (χ1v) is 5.38. The summed E-state index contributed by atoms with van der Waals surface area (Å²) in [7, 11) is 0. The van der Waals surface area contributed by atoms with Gasteiger partial charge in [0.25, 0.3) is 0 Å². The van der Waals surface area contributed by atoms with Crippen LogP contribution in [0.15, 0.2) is 18.2 Å². The minimum atomic E-state index is -0.410. The summed E-state index contributed by atoms with van der Waals surface area (Å²) in [5.41, 5.74) is 0.982. The normalized spacial score (nSPS) is 12.3. The Morgan fingerprint density at radius 2 is 2.20 bits per heavy atom. The van der Waals surface area contributed by atoms with Crippen LogP contribution in [0, 0.1) is 6.92 Å². The first-order valence-electron chi connectivity index (χ1n) is 5.00. The molecule has 1 atom stereocenters. The van der Waals surface area contributed by atoms with Gasteiger partial charge in [0.05, 0.1) is 0 Å². The molecule has 0 spiro atoms. The molecule has 0 aliphatic heterocycles. The molecule has 0 aromatic heterocycles. The second-order valence-electron chi connectivity index (χ2n) is 3.49. The molecule has 1 unspecified atom stereocenters. The Labute approximate surface area is 95.2 Å². The van der Waals surface area contributed by atoms with Crippen LogP contribution >= 0.6 is 11.6 Å². The third-order valence-corrected chi connectivity index (χ3v) is 2.49. The highest BCUT2D eigenvalue weighted by Gasteiger charge is 2.13. The molecular weight excluding hydrogens is 212 g/mol. The third-order valence-electron chi connectivity index (χ3n) is 2.26. The number of rotatable bonds is 4. The molecule has 0 aliphatic carbocycles. The van der Waals surface area contributed by atoms with Gasteiger partial charge in [0.15, 0.2) is 11.9 Å². The van der Waals surface area contributed by atoms with Crippen LogP contribution in [0.25, 0.3) is 0 Å². The molecule has 0 fully saturated rings. The summed E-state index contributed by atoms with van der Waals surface area (Å²) in [5, 5.41) is 0.617. The molecule has 3 heteroatoms. The summed E-state index contributed by atoms with van der Waals surface area (Å²) >= 11 is 5.85. The smallest absolute Gasteiger partial charge is 0.172 e. The number of Topliss-reactive ketones (excluding diaryl/α,β-unsaturated/α-hetero) is 1. The van der Waals surface area contributed by atoms with E-state index in [1.54, 1.807) is 19.1 Å². The fraction of sp³-hybridized carbons (Fsp3) is 0.417. The van der Waals surface area contributed by atoms with Crippen molar-refractivity contribution >= 4 is 17.4 Å². The van der Waals surface area contributed by atoms with Crippen molar-refractivity contribution in [3.05, 3.63) is 28.8 Å². The molecule has 0 N–H and O–H groups in total. The molecule has 0 saturated heterocycles. The van der Waals surface area contributed by atoms with Crippen LogP contribution in [0.1, 0.15) is 25.8 Å². The van der Waals surface area contributed by atoms with Gasteiger partial charge in [-0.25, -0.2) is 0 Å². The minimum Gasteiger partial charge on any atom is -0.483 e. The molecule has 0 bridgehead atoms. The number of ether oxygens (including phenoxy) is 1. The van der Waals surface area contributed by atoms with E-state index in [2.05, 4.69) is 0 Å². The highest BCUT2D eigenvalue weighted by atomic mass is 35.5. The van der Waals surface area contributed by atoms with Crippen molar-refractivity contribution in [1.82, 2.24) is 0 Å². The summed E-state index contributed by atoms with van der Waals surface area (Å²) < 4.78 is 5.54. The maximum absolute atomic E-state index is 11.4. The van der Waals surface area contributed by atoms with E-state index in [9.17, 15) is 4.79 Å². The van der Waals surface area contributed by atoms with E-state index in [1.165, 1.54) is 0 Å². The van der Waals surface area contributed by atoms with Crippen molar-refractivity contribution in [2.75, 3.05) is 0 Å². The average molecular weight is 227 g/mol. The quantitative estimate of drug-likeness (QED) is 0.787. The molecule has 0 radical (unpaired) electrons. The van der Waals surface area contributed by atoms with Crippen LogP contribution in [0.5, 0.6) is 5.75 Å². The fourth-order valence-electron chi connectivity index (χ4n) is 1.24. The van der Waals surface area contributed by atoms with Crippen molar-refractivity contribution in [1.29, 1.82) is 0 Å². The number of carbonyl (C=O) groups excluding carboxylic acids is 1. The van der Waals surface area contributed by atoms with Gasteiger partial charge >= 0.3 is 0 Å². The second-order valence-corrected chi connectivity index (χ2v) is 3.93. The van der Waals surface area contributed by atoms with Gasteiger partial charge in [-0.2, -0.15) is 0 Å². The topological polar surface area (TPSA) is 26.3 Å². The predicted octanol–water partition coefficient (Wildman–Crippen LogP) is 3.39. The molecule has 82 valence electrons. The SMILES string of the molecule is CCC(=O)C(C)Oc1cc(Cl)ccc1C. The molecular formula is C12H15ClO2. The van der Waals surface area contributed by atoms with Gasteiger partial charge < -0.3 is 4.74 Å². The van der Waals surface area contributed by atoms with E-state index in [0.29, 0.717) is 17.2 Å². The van der Waals surface area contributed by atoms with Gasteiger partial charge in [-0.3, -0.25) is 4.79 Å². The molecule has 15 heavy (non-hydrogen) atoms. The van der Waals surface area contributed by atoms with Crippen LogP contribution in [-0.2, 0) is 4.79 Å². The highest BCUT2D eigenvalue weighted by Crippen LogP contribution is 2.23. The number of benzene rings is 1. The monoisotopic (exact) mass is 226 g/mol. The number of ketones is 1. The lowest BCUT2D eigenvalue weighted by atomic mass is 10.2. The standard InChI is InChI=1S/C12H15ClO2/c1-4-11(14)9(3)15-12-7-10(13)6-5-8(12)2/h5-7,9H,4H2,1-3H3. The molecule has 0 amide bonds. The lowest BCUT2D eigenvalue weighted by Gasteiger charge is -2.14. The van der Waals surface area contributed by atoms with Crippen LogP contribution in [0.3, 0.4) is 0 Å². The van der Waals surface area contributed by atoms with Gasteiger partial charge in [0.1, 0.15) is 5.75 Å². The maximum atomic E-state index is 11.4. The Hall–Kier alpha value is -1.02. The molecule has 1 aromatic carbocycles. The Morgan fingerprint density at radius 1 is 1.53 bits per heavy atom. The van der Waals surface area contributed by atoms with Crippen molar-refractivity contribution in [2.24, 2.45) is 0 Å². The van der Waals surface area contributed by atoms with Crippen molar-refractivity contribution in [3.63, 3.8) is 0 Å². The fourth-order valence-corrected chi connectivity index (χ4v) is 1.41. The van der Waals surface area contributed by atoms with E-state index in [4.69, 9.17) is 16.3 Å². The zero-order chi connectivity index (χ0) is 11.4. The Bertz CT molecular complexity index is 361. The van der Waals surface area contributed by atoms with E-state index < -0.39 is 6.10 Å². The van der Waals surface area contributed by atoms with E-state index >= 15 is 0 Å². The molecule has 0 aliphatic rings. The van der Waals surface area contributed by atoms with E-state index in [1.807, 2.05) is 19.9 Å². The first-order chi connectivity index (χ1) is 7.04. The van der Waals surface area contributed by atoms with Crippen LogP contribution in [0.4, 0.5) is 0 Å². The van der Waals surface area contributed by atoms with Crippen LogP contribution in [-0.4, -0.2) is 11.9 Å². The van der Waals surface area contributed by atoms with Crippen molar-refractivity contribution < 1.29 is 9.53 Å². The van der Waals surface area contributed by atoms with Crippen LogP contribution in [0.2, 0.25) is 5.02 Å². The van der Waals surface area contributed by atoms with Gasteiger partial charge in [-0.05, 0) is 31.5 Å². The molecule has 0 heterocycles. The molecule has 2 nitrogen and oxygen atoms in total. The zero-order valence-electron chi connectivity index (χ0n) is 9.21. The summed E-state index contributed by atoms with van der Waals surface area (Å²) in [4.78, 5) is 11.4. The van der Waals surface area contributed by atoms with Crippen molar-refractivity contribution in [2.45, 2.75) is 33.3 Å². The lowest BCUT2D eigenvalue weighted by molar-refractivity contribution is -0.124. The van der Waals surface area contributed by atoms with E-state index in [0.717, 1.165) is 5.56 Å². The largest absolute Gasteiger partial charge is 0.483 e. The Kier molecular flexibility index (Phi) is 4.15. The zero-order valence-corrected chi connectivity index (χ0v) is 9.97. The molecule has 1 aromatic rings. The minimum absolute atomic E-state index is 0.0920. The molecule has 0 saturated carbocycles.